The Morgan fingerprint density at radius 2 is 1.19 bits per heavy atom. The van der Waals surface area contributed by atoms with Gasteiger partial charge in [-0.05, 0) is 47.0 Å². The van der Waals surface area contributed by atoms with Crippen molar-refractivity contribution in [2.24, 2.45) is 0 Å². The third-order valence-electron chi connectivity index (χ3n) is 4.50. The van der Waals surface area contributed by atoms with Gasteiger partial charge in [0, 0.05) is 15.3 Å². The lowest BCUT2D eigenvalue weighted by Gasteiger charge is -2.06. The van der Waals surface area contributed by atoms with E-state index in [1.165, 1.54) is 20.9 Å². The fraction of sp³-hybridized carbons (Fsp3) is 0.0833. The number of thiophene rings is 1. The standard InChI is InChI=1S/C24H20O2S/c1-25-20-12-6-10-18(14-20)23-16-22(17-8-4-3-5-9-17)24(27-23)19-11-7-13-21(15-19)26-2/h3-16H,1-2H3. The van der Waals surface area contributed by atoms with Crippen LogP contribution in [0.25, 0.3) is 32.0 Å². The highest BCUT2D eigenvalue weighted by Crippen LogP contribution is 2.44. The van der Waals surface area contributed by atoms with E-state index in [9.17, 15) is 0 Å². The van der Waals surface area contributed by atoms with E-state index in [-0.39, 0.29) is 0 Å². The molecule has 0 radical (unpaired) electrons. The van der Waals surface area contributed by atoms with Gasteiger partial charge in [0.05, 0.1) is 14.2 Å². The van der Waals surface area contributed by atoms with Crippen molar-refractivity contribution in [3.63, 3.8) is 0 Å². The van der Waals surface area contributed by atoms with Gasteiger partial charge in [-0.1, -0.05) is 54.6 Å². The molecule has 0 unspecified atom stereocenters. The minimum Gasteiger partial charge on any atom is -0.497 e. The Balaban J connectivity index is 1.89. The quantitative estimate of drug-likeness (QED) is 0.385. The van der Waals surface area contributed by atoms with E-state index in [0.717, 1.165) is 22.6 Å². The van der Waals surface area contributed by atoms with Crippen LogP contribution in [0.3, 0.4) is 0 Å². The molecule has 0 bridgehead atoms. The van der Waals surface area contributed by atoms with Crippen LogP contribution in [0.1, 0.15) is 0 Å². The summed E-state index contributed by atoms with van der Waals surface area (Å²) >= 11 is 1.79. The summed E-state index contributed by atoms with van der Waals surface area (Å²) in [6, 6.07) is 29.2. The Kier molecular flexibility index (Phi) is 4.95. The van der Waals surface area contributed by atoms with Crippen LogP contribution < -0.4 is 9.47 Å². The molecule has 2 nitrogen and oxygen atoms in total. The minimum atomic E-state index is 0.864. The fourth-order valence-electron chi connectivity index (χ4n) is 3.12. The fourth-order valence-corrected chi connectivity index (χ4v) is 4.29. The molecule has 27 heavy (non-hydrogen) atoms. The summed E-state index contributed by atoms with van der Waals surface area (Å²) in [4.78, 5) is 2.45. The number of rotatable bonds is 5. The van der Waals surface area contributed by atoms with Crippen LogP contribution in [0.2, 0.25) is 0 Å². The van der Waals surface area contributed by atoms with Gasteiger partial charge in [0.25, 0.3) is 0 Å². The SMILES string of the molecule is COc1cccc(-c2cc(-c3ccccc3)c(-c3cccc(OC)c3)s2)c1. The van der Waals surface area contributed by atoms with Crippen molar-refractivity contribution in [2.45, 2.75) is 0 Å². The van der Waals surface area contributed by atoms with Crippen LogP contribution in [0.5, 0.6) is 11.5 Å². The van der Waals surface area contributed by atoms with Crippen molar-refractivity contribution in [1.82, 2.24) is 0 Å². The van der Waals surface area contributed by atoms with Gasteiger partial charge in [0.15, 0.2) is 0 Å². The predicted octanol–water partition coefficient (Wildman–Crippen LogP) is 6.77. The Morgan fingerprint density at radius 1 is 0.593 bits per heavy atom. The predicted molar refractivity (Wildman–Crippen MR) is 114 cm³/mol. The zero-order valence-electron chi connectivity index (χ0n) is 15.3. The summed E-state index contributed by atoms with van der Waals surface area (Å²) < 4.78 is 10.8. The first-order valence-electron chi connectivity index (χ1n) is 8.76. The van der Waals surface area contributed by atoms with Gasteiger partial charge < -0.3 is 9.47 Å². The van der Waals surface area contributed by atoms with Crippen LogP contribution in [0.15, 0.2) is 84.9 Å². The highest BCUT2D eigenvalue weighted by atomic mass is 32.1. The zero-order chi connectivity index (χ0) is 18.6. The molecule has 4 rings (SSSR count). The number of ether oxygens (including phenoxy) is 2. The van der Waals surface area contributed by atoms with Gasteiger partial charge in [0.1, 0.15) is 11.5 Å². The highest BCUT2D eigenvalue weighted by molar-refractivity contribution is 7.19. The first-order valence-corrected chi connectivity index (χ1v) is 9.58. The van der Waals surface area contributed by atoms with Crippen LogP contribution in [0, 0.1) is 0 Å². The molecular formula is C24H20O2S. The monoisotopic (exact) mass is 372 g/mol. The van der Waals surface area contributed by atoms with E-state index >= 15 is 0 Å². The largest absolute Gasteiger partial charge is 0.497 e. The molecule has 0 aliphatic rings. The lowest BCUT2D eigenvalue weighted by Crippen LogP contribution is -1.83. The first-order chi connectivity index (χ1) is 13.3. The minimum absolute atomic E-state index is 0.864. The lowest BCUT2D eigenvalue weighted by molar-refractivity contribution is 0.415. The Morgan fingerprint density at radius 3 is 1.85 bits per heavy atom. The van der Waals surface area contributed by atoms with Gasteiger partial charge in [-0.25, -0.2) is 0 Å². The van der Waals surface area contributed by atoms with E-state index < -0.39 is 0 Å². The first kappa shape index (κ1) is 17.4. The van der Waals surface area contributed by atoms with Gasteiger partial charge in [-0.3, -0.25) is 0 Å². The smallest absolute Gasteiger partial charge is 0.119 e. The maximum Gasteiger partial charge on any atom is 0.119 e. The van der Waals surface area contributed by atoms with E-state index in [4.69, 9.17) is 9.47 Å². The van der Waals surface area contributed by atoms with Crippen molar-refractivity contribution in [1.29, 1.82) is 0 Å². The molecule has 0 saturated heterocycles. The van der Waals surface area contributed by atoms with Gasteiger partial charge in [0.2, 0.25) is 0 Å². The Labute approximate surface area is 163 Å². The Bertz CT molecular complexity index is 1050. The third kappa shape index (κ3) is 3.60. The molecule has 3 heteroatoms. The van der Waals surface area contributed by atoms with E-state index in [0.29, 0.717) is 0 Å². The second kappa shape index (κ2) is 7.68. The summed E-state index contributed by atoms with van der Waals surface area (Å²) in [5.74, 6) is 1.73. The van der Waals surface area contributed by atoms with Crippen LogP contribution in [-0.4, -0.2) is 14.2 Å². The van der Waals surface area contributed by atoms with Crippen molar-refractivity contribution in [2.75, 3.05) is 14.2 Å². The summed E-state index contributed by atoms with van der Waals surface area (Å²) in [6.07, 6.45) is 0. The molecule has 0 fully saturated rings. The normalized spacial score (nSPS) is 10.6. The van der Waals surface area contributed by atoms with Crippen LogP contribution in [-0.2, 0) is 0 Å². The average molecular weight is 372 g/mol. The number of hydrogen-bond donors (Lipinski definition) is 0. The lowest BCUT2D eigenvalue weighted by atomic mass is 10.0. The molecule has 134 valence electrons. The second-order valence-corrected chi connectivity index (χ2v) is 7.24. The molecule has 0 spiro atoms. The molecule has 0 aliphatic carbocycles. The summed E-state index contributed by atoms with van der Waals surface area (Å²) in [6.45, 7) is 0. The topological polar surface area (TPSA) is 18.5 Å². The molecule has 0 atom stereocenters. The summed E-state index contributed by atoms with van der Waals surface area (Å²) in [5.41, 5.74) is 4.76. The van der Waals surface area contributed by atoms with Crippen molar-refractivity contribution < 1.29 is 9.47 Å². The molecule has 0 aliphatic heterocycles. The molecule has 0 saturated carbocycles. The van der Waals surface area contributed by atoms with Crippen LogP contribution in [0.4, 0.5) is 0 Å². The summed E-state index contributed by atoms with van der Waals surface area (Å²) in [5, 5.41) is 0. The molecule has 0 N–H and O–H groups in total. The van der Waals surface area contributed by atoms with Crippen LogP contribution >= 0.6 is 11.3 Å². The average Bonchev–Trinajstić information content (AvgIpc) is 3.20. The second-order valence-electron chi connectivity index (χ2n) is 6.18. The molecule has 0 amide bonds. The zero-order valence-corrected chi connectivity index (χ0v) is 16.1. The molecular weight excluding hydrogens is 352 g/mol. The van der Waals surface area contributed by atoms with Crippen molar-refractivity contribution in [3.8, 4) is 43.5 Å². The number of hydrogen-bond acceptors (Lipinski definition) is 3. The maximum absolute atomic E-state index is 5.43. The third-order valence-corrected chi connectivity index (χ3v) is 5.74. The highest BCUT2D eigenvalue weighted by Gasteiger charge is 2.15. The van der Waals surface area contributed by atoms with E-state index in [2.05, 4.69) is 54.6 Å². The molecule has 4 aromatic rings. The van der Waals surface area contributed by atoms with Gasteiger partial charge in [-0.15, -0.1) is 11.3 Å². The molecule has 1 aromatic heterocycles. The van der Waals surface area contributed by atoms with E-state index in [1.54, 1.807) is 25.6 Å². The maximum atomic E-state index is 5.43. The van der Waals surface area contributed by atoms with Crippen molar-refractivity contribution >= 4 is 11.3 Å². The molecule has 1 heterocycles. The van der Waals surface area contributed by atoms with Gasteiger partial charge >= 0.3 is 0 Å². The number of benzene rings is 3. The summed E-state index contributed by atoms with van der Waals surface area (Å²) in [7, 11) is 3.40. The number of methoxy groups -OCH3 is 2. The van der Waals surface area contributed by atoms with E-state index in [1.807, 2.05) is 30.3 Å². The Hall–Kier alpha value is -3.04. The molecule has 3 aromatic carbocycles. The van der Waals surface area contributed by atoms with Crippen molar-refractivity contribution in [3.05, 3.63) is 84.9 Å². The van der Waals surface area contributed by atoms with Gasteiger partial charge in [-0.2, -0.15) is 0 Å².